The molecule has 1 aromatic rings. The lowest BCUT2D eigenvalue weighted by Gasteiger charge is -2.19. The van der Waals surface area contributed by atoms with Crippen LogP contribution >= 0.6 is 24.0 Å². The van der Waals surface area contributed by atoms with Crippen molar-refractivity contribution in [3.05, 3.63) is 42.0 Å². The molecule has 0 fully saturated rings. The van der Waals surface area contributed by atoms with Crippen LogP contribution in [0, 0.1) is 0 Å². The Hall–Kier alpha value is -1.28. The summed E-state index contributed by atoms with van der Waals surface area (Å²) in [4.78, 5) is 6.61. The van der Waals surface area contributed by atoms with Crippen LogP contribution in [0.2, 0.25) is 0 Å². The van der Waals surface area contributed by atoms with Gasteiger partial charge in [0.1, 0.15) is 0 Å². The van der Waals surface area contributed by atoms with E-state index in [4.69, 9.17) is 4.74 Å². The van der Waals surface area contributed by atoms with Gasteiger partial charge in [0.25, 0.3) is 0 Å². The highest BCUT2D eigenvalue weighted by Crippen LogP contribution is 2.18. The maximum atomic E-state index is 5.33. The van der Waals surface area contributed by atoms with Crippen molar-refractivity contribution in [1.29, 1.82) is 0 Å². The van der Waals surface area contributed by atoms with E-state index >= 15 is 0 Å². The molecule has 6 heteroatoms. The first kappa shape index (κ1) is 20.8. The molecule has 0 aliphatic carbocycles. The molecule has 1 aliphatic rings. The van der Waals surface area contributed by atoms with Crippen molar-refractivity contribution in [2.24, 2.45) is 4.99 Å². The van der Waals surface area contributed by atoms with Crippen LogP contribution < -0.4 is 15.5 Å². The maximum absolute atomic E-state index is 5.33. The molecule has 0 unspecified atom stereocenters. The number of benzene rings is 1. The average Bonchev–Trinajstić information content (AvgIpc) is 3.12. The molecule has 1 heterocycles. The van der Waals surface area contributed by atoms with E-state index in [0.29, 0.717) is 0 Å². The molecule has 0 atom stereocenters. The van der Waals surface area contributed by atoms with Crippen molar-refractivity contribution >= 4 is 35.6 Å². The van der Waals surface area contributed by atoms with Crippen LogP contribution in [0.3, 0.4) is 0 Å². The van der Waals surface area contributed by atoms with Crippen molar-refractivity contribution in [1.82, 2.24) is 10.6 Å². The summed E-state index contributed by atoms with van der Waals surface area (Å²) in [5.41, 5.74) is 2.53. The summed E-state index contributed by atoms with van der Waals surface area (Å²) >= 11 is 0. The molecule has 0 saturated heterocycles. The fourth-order valence-electron chi connectivity index (χ4n) is 2.48. The lowest BCUT2D eigenvalue weighted by molar-refractivity contribution is 0.145. The Kier molecular flexibility index (Phi) is 10.5. The standard InChI is InChI=1S/C18H28N4O.HI/c1-3-23-13-7-10-20-18(19-2)21-15-16-8-6-9-17(14-16)22-11-4-5-12-22;/h4-6,8-9,14H,3,7,10-13,15H2,1-2H3,(H2,19,20,21);1H. The summed E-state index contributed by atoms with van der Waals surface area (Å²) in [6.45, 7) is 7.20. The van der Waals surface area contributed by atoms with E-state index < -0.39 is 0 Å². The van der Waals surface area contributed by atoms with Gasteiger partial charge in [-0.3, -0.25) is 4.99 Å². The lowest BCUT2D eigenvalue weighted by Crippen LogP contribution is -2.37. The second-order valence-electron chi connectivity index (χ2n) is 5.45. The largest absolute Gasteiger partial charge is 0.382 e. The van der Waals surface area contributed by atoms with Gasteiger partial charge in [-0.15, -0.1) is 24.0 Å². The van der Waals surface area contributed by atoms with Gasteiger partial charge in [-0.2, -0.15) is 0 Å². The summed E-state index contributed by atoms with van der Waals surface area (Å²) in [5.74, 6) is 0.828. The van der Waals surface area contributed by atoms with Gasteiger partial charge in [0.15, 0.2) is 5.96 Å². The highest BCUT2D eigenvalue weighted by atomic mass is 127. The fourth-order valence-corrected chi connectivity index (χ4v) is 2.48. The highest BCUT2D eigenvalue weighted by molar-refractivity contribution is 14.0. The number of guanidine groups is 1. The lowest BCUT2D eigenvalue weighted by atomic mass is 10.2. The van der Waals surface area contributed by atoms with E-state index in [1.54, 1.807) is 7.05 Å². The van der Waals surface area contributed by atoms with E-state index in [1.165, 1.54) is 11.3 Å². The van der Waals surface area contributed by atoms with Gasteiger partial charge in [0.2, 0.25) is 0 Å². The van der Waals surface area contributed by atoms with Crippen LogP contribution in [-0.2, 0) is 11.3 Å². The molecule has 1 aliphatic heterocycles. The van der Waals surface area contributed by atoms with Crippen molar-refractivity contribution in [3.63, 3.8) is 0 Å². The zero-order valence-corrected chi connectivity index (χ0v) is 17.0. The molecule has 0 amide bonds. The number of anilines is 1. The molecule has 134 valence electrons. The molecule has 0 aromatic heterocycles. The van der Waals surface area contributed by atoms with E-state index in [2.05, 4.69) is 56.9 Å². The number of hydrogen-bond acceptors (Lipinski definition) is 3. The molecule has 5 nitrogen and oxygen atoms in total. The molecule has 2 rings (SSSR count). The summed E-state index contributed by atoms with van der Waals surface area (Å²) in [7, 11) is 1.80. The molecule has 2 N–H and O–H groups in total. The second-order valence-corrected chi connectivity index (χ2v) is 5.45. The fraction of sp³-hybridized carbons (Fsp3) is 0.500. The van der Waals surface area contributed by atoms with Crippen molar-refractivity contribution in [3.8, 4) is 0 Å². The normalized spacial score (nSPS) is 13.8. The Bertz CT molecular complexity index is 526. The minimum atomic E-state index is 0. The van der Waals surface area contributed by atoms with E-state index in [1.807, 2.05) is 6.92 Å². The first-order valence-corrected chi connectivity index (χ1v) is 8.34. The number of nitrogens with zero attached hydrogens (tertiary/aromatic N) is 2. The molecular weight excluding hydrogens is 415 g/mol. The van der Waals surface area contributed by atoms with Crippen LogP contribution in [0.1, 0.15) is 18.9 Å². The number of hydrogen-bond donors (Lipinski definition) is 2. The summed E-state index contributed by atoms with van der Waals surface area (Å²) in [5, 5.41) is 6.67. The molecule has 1 aromatic carbocycles. The van der Waals surface area contributed by atoms with Gasteiger partial charge in [-0.1, -0.05) is 24.3 Å². The Morgan fingerprint density at radius 3 is 2.75 bits per heavy atom. The first-order valence-electron chi connectivity index (χ1n) is 8.34. The first-order chi connectivity index (χ1) is 11.3. The predicted octanol–water partition coefficient (Wildman–Crippen LogP) is 2.77. The second kappa shape index (κ2) is 12.1. The zero-order valence-electron chi connectivity index (χ0n) is 14.6. The number of aliphatic imine (C=N–C) groups is 1. The Balaban J connectivity index is 0.00000288. The zero-order chi connectivity index (χ0) is 16.3. The number of ether oxygens (including phenoxy) is 1. The van der Waals surface area contributed by atoms with Crippen LogP contribution in [0.25, 0.3) is 0 Å². The summed E-state index contributed by atoms with van der Waals surface area (Å²) in [6, 6.07) is 8.66. The van der Waals surface area contributed by atoms with Crippen molar-refractivity contribution in [2.75, 3.05) is 44.8 Å². The maximum Gasteiger partial charge on any atom is 0.191 e. The molecule has 0 radical (unpaired) electrons. The van der Waals surface area contributed by atoms with Gasteiger partial charge in [0.05, 0.1) is 0 Å². The summed E-state index contributed by atoms with van der Waals surface area (Å²) in [6.07, 6.45) is 5.39. The van der Waals surface area contributed by atoms with Gasteiger partial charge in [0, 0.05) is 52.1 Å². The highest BCUT2D eigenvalue weighted by Gasteiger charge is 2.08. The third-order valence-electron chi connectivity index (χ3n) is 3.74. The van der Waals surface area contributed by atoms with Gasteiger partial charge >= 0.3 is 0 Å². The quantitative estimate of drug-likeness (QED) is 0.213. The van der Waals surface area contributed by atoms with E-state index in [0.717, 1.165) is 51.8 Å². The minimum Gasteiger partial charge on any atom is -0.382 e. The van der Waals surface area contributed by atoms with Crippen LogP contribution in [0.4, 0.5) is 5.69 Å². The van der Waals surface area contributed by atoms with Crippen molar-refractivity contribution < 1.29 is 4.74 Å². The van der Waals surface area contributed by atoms with Crippen LogP contribution in [0.5, 0.6) is 0 Å². The average molecular weight is 444 g/mol. The summed E-state index contributed by atoms with van der Waals surface area (Å²) < 4.78 is 5.33. The third kappa shape index (κ3) is 7.09. The number of halogens is 1. The molecule has 0 spiro atoms. The predicted molar refractivity (Wildman–Crippen MR) is 113 cm³/mol. The Labute approximate surface area is 162 Å². The minimum absolute atomic E-state index is 0. The molecule has 0 bridgehead atoms. The molecular formula is C18H29IN4O. The Morgan fingerprint density at radius 2 is 2.04 bits per heavy atom. The van der Waals surface area contributed by atoms with Crippen LogP contribution in [-0.4, -0.2) is 45.9 Å². The third-order valence-corrected chi connectivity index (χ3v) is 3.74. The van der Waals surface area contributed by atoms with Crippen LogP contribution in [0.15, 0.2) is 41.4 Å². The molecule has 0 saturated carbocycles. The topological polar surface area (TPSA) is 48.9 Å². The Morgan fingerprint density at radius 1 is 1.25 bits per heavy atom. The van der Waals surface area contributed by atoms with Gasteiger partial charge in [-0.05, 0) is 31.0 Å². The SMILES string of the molecule is CCOCCCNC(=NC)NCc1cccc(N2CC=CC2)c1.I. The monoisotopic (exact) mass is 444 g/mol. The number of nitrogens with one attached hydrogen (secondary N) is 2. The van der Waals surface area contributed by atoms with E-state index in [-0.39, 0.29) is 24.0 Å². The van der Waals surface area contributed by atoms with Gasteiger partial charge < -0.3 is 20.3 Å². The van der Waals surface area contributed by atoms with Gasteiger partial charge in [-0.25, -0.2) is 0 Å². The van der Waals surface area contributed by atoms with E-state index in [9.17, 15) is 0 Å². The van der Waals surface area contributed by atoms with Crippen molar-refractivity contribution in [2.45, 2.75) is 19.9 Å². The molecule has 24 heavy (non-hydrogen) atoms. The number of rotatable bonds is 8. The smallest absolute Gasteiger partial charge is 0.191 e.